The number of pyridine rings is 1. The molecule has 0 saturated carbocycles. The molecule has 0 bridgehead atoms. The lowest BCUT2D eigenvalue weighted by molar-refractivity contribution is 0.112. The van der Waals surface area contributed by atoms with E-state index < -0.39 is 0 Å². The molecular formula is C28H26FNO2. The predicted octanol–water partition coefficient (Wildman–Crippen LogP) is 7.40. The number of fused-ring (bicyclic) bond motifs is 1. The van der Waals surface area contributed by atoms with E-state index in [9.17, 15) is 4.79 Å². The van der Waals surface area contributed by atoms with Crippen LogP contribution in [-0.4, -0.2) is 17.9 Å². The lowest BCUT2D eigenvalue weighted by Gasteiger charge is -2.10. The zero-order valence-electron chi connectivity index (χ0n) is 18.4. The minimum Gasteiger partial charge on any atom is -0.494 e. The highest BCUT2D eigenvalue weighted by Crippen LogP contribution is 2.30. The van der Waals surface area contributed by atoms with Gasteiger partial charge in [0.25, 0.3) is 0 Å². The normalized spacial score (nSPS) is 11.0. The number of carbonyl (C=O) groups excluding carboxylic acids is 1. The van der Waals surface area contributed by atoms with E-state index >= 15 is 4.39 Å². The molecule has 0 spiro atoms. The van der Waals surface area contributed by atoms with Crippen molar-refractivity contribution in [2.24, 2.45) is 0 Å². The lowest BCUT2D eigenvalue weighted by Crippen LogP contribution is -1.97. The third kappa shape index (κ3) is 4.70. The largest absolute Gasteiger partial charge is 0.494 e. The Labute approximate surface area is 187 Å². The van der Waals surface area contributed by atoms with Gasteiger partial charge in [-0.3, -0.25) is 4.79 Å². The van der Waals surface area contributed by atoms with Gasteiger partial charge < -0.3 is 4.74 Å². The van der Waals surface area contributed by atoms with E-state index in [0.29, 0.717) is 34.5 Å². The maximum atomic E-state index is 15.0. The summed E-state index contributed by atoms with van der Waals surface area (Å²) in [7, 11) is 0. The molecule has 0 N–H and O–H groups in total. The van der Waals surface area contributed by atoms with E-state index in [2.05, 4.69) is 11.9 Å². The average molecular weight is 428 g/mol. The van der Waals surface area contributed by atoms with Gasteiger partial charge in [-0.1, -0.05) is 55.7 Å². The smallest absolute Gasteiger partial charge is 0.150 e. The van der Waals surface area contributed by atoms with Gasteiger partial charge in [0.1, 0.15) is 11.6 Å². The van der Waals surface area contributed by atoms with Crippen molar-refractivity contribution in [2.45, 2.75) is 33.1 Å². The molecule has 3 aromatic carbocycles. The molecule has 0 fully saturated rings. The number of nitrogens with zero attached hydrogens (tertiary/aromatic N) is 1. The number of halogens is 1. The third-order valence-corrected chi connectivity index (χ3v) is 5.57. The van der Waals surface area contributed by atoms with Crippen molar-refractivity contribution in [2.75, 3.05) is 6.61 Å². The van der Waals surface area contributed by atoms with Gasteiger partial charge in [-0.25, -0.2) is 9.37 Å². The van der Waals surface area contributed by atoms with E-state index in [4.69, 9.17) is 4.74 Å². The van der Waals surface area contributed by atoms with Crippen LogP contribution in [0.3, 0.4) is 0 Å². The van der Waals surface area contributed by atoms with Crippen LogP contribution in [0, 0.1) is 12.7 Å². The highest BCUT2D eigenvalue weighted by molar-refractivity contribution is 5.98. The summed E-state index contributed by atoms with van der Waals surface area (Å²) in [5.41, 5.74) is 4.83. The summed E-state index contributed by atoms with van der Waals surface area (Å²) in [6.07, 6.45) is 4.16. The van der Waals surface area contributed by atoms with Crippen LogP contribution in [0.25, 0.3) is 33.3 Å². The second-order valence-corrected chi connectivity index (χ2v) is 8.01. The maximum absolute atomic E-state index is 15.0. The number of unbranched alkanes of at least 4 members (excludes halogenated alkanes) is 2. The molecule has 1 aromatic heterocycles. The van der Waals surface area contributed by atoms with Crippen LogP contribution in [0.15, 0.2) is 66.7 Å². The standard InChI is InChI=1S/C28H26FNO2/c1-3-4-5-14-32-23-10-7-20(8-11-23)24-12-9-21(16-26(24)29)28-17-22(18-31)25-15-19(2)6-13-27(25)30-28/h6-13,15-18H,3-5,14H2,1-2H3. The van der Waals surface area contributed by atoms with Crippen molar-refractivity contribution in [3.05, 3.63) is 83.7 Å². The Morgan fingerprint density at radius 1 is 0.938 bits per heavy atom. The molecule has 0 aliphatic carbocycles. The van der Waals surface area contributed by atoms with E-state index in [-0.39, 0.29) is 5.82 Å². The van der Waals surface area contributed by atoms with Crippen LogP contribution < -0.4 is 4.74 Å². The summed E-state index contributed by atoms with van der Waals surface area (Å²) in [5, 5.41) is 0.804. The van der Waals surface area contributed by atoms with Gasteiger partial charge in [0.2, 0.25) is 0 Å². The zero-order chi connectivity index (χ0) is 22.5. The first-order valence-corrected chi connectivity index (χ1v) is 11.0. The number of benzene rings is 3. The quantitative estimate of drug-likeness (QED) is 0.217. The van der Waals surface area contributed by atoms with Crippen LogP contribution in [0.5, 0.6) is 5.75 Å². The summed E-state index contributed by atoms with van der Waals surface area (Å²) >= 11 is 0. The molecule has 0 aliphatic rings. The monoisotopic (exact) mass is 427 g/mol. The fourth-order valence-electron chi connectivity index (χ4n) is 3.79. The fourth-order valence-corrected chi connectivity index (χ4v) is 3.79. The van der Waals surface area contributed by atoms with Gasteiger partial charge in [0.05, 0.1) is 17.8 Å². The predicted molar refractivity (Wildman–Crippen MR) is 128 cm³/mol. The number of ether oxygens (including phenoxy) is 1. The van der Waals surface area contributed by atoms with Crippen molar-refractivity contribution >= 4 is 17.2 Å². The van der Waals surface area contributed by atoms with E-state index in [1.165, 1.54) is 6.07 Å². The average Bonchev–Trinajstić information content (AvgIpc) is 2.81. The Hall–Kier alpha value is -3.53. The molecule has 0 radical (unpaired) electrons. The highest BCUT2D eigenvalue weighted by atomic mass is 19.1. The van der Waals surface area contributed by atoms with Gasteiger partial charge >= 0.3 is 0 Å². The summed E-state index contributed by atoms with van der Waals surface area (Å²) in [6.45, 7) is 4.82. The van der Waals surface area contributed by atoms with Crippen molar-refractivity contribution in [1.29, 1.82) is 0 Å². The third-order valence-electron chi connectivity index (χ3n) is 5.57. The van der Waals surface area contributed by atoms with Gasteiger partial charge in [-0.2, -0.15) is 0 Å². The number of hydrogen-bond acceptors (Lipinski definition) is 3. The molecule has 4 rings (SSSR count). The number of hydrogen-bond donors (Lipinski definition) is 0. The minimum absolute atomic E-state index is 0.336. The minimum atomic E-state index is -0.336. The van der Waals surface area contributed by atoms with Gasteiger partial charge in [-0.05, 0) is 55.3 Å². The van der Waals surface area contributed by atoms with Crippen LogP contribution in [0.2, 0.25) is 0 Å². The molecule has 32 heavy (non-hydrogen) atoms. The molecule has 0 atom stereocenters. The molecule has 0 saturated heterocycles. The first kappa shape index (κ1) is 21.7. The van der Waals surface area contributed by atoms with Gasteiger partial charge in [-0.15, -0.1) is 0 Å². The number of aryl methyl sites for hydroxylation is 1. The first-order valence-electron chi connectivity index (χ1n) is 11.0. The molecule has 4 heteroatoms. The van der Waals surface area contributed by atoms with Crippen molar-refractivity contribution < 1.29 is 13.9 Å². The summed E-state index contributed by atoms with van der Waals surface area (Å²) in [4.78, 5) is 16.3. The van der Waals surface area contributed by atoms with Crippen molar-refractivity contribution in [3.8, 4) is 28.1 Å². The Morgan fingerprint density at radius 2 is 1.72 bits per heavy atom. The van der Waals surface area contributed by atoms with Crippen LogP contribution >= 0.6 is 0 Å². The van der Waals surface area contributed by atoms with Crippen LogP contribution in [0.1, 0.15) is 42.1 Å². The topological polar surface area (TPSA) is 39.2 Å². The van der Waals surface area contributed by atoms with E-state index in [0.717, 1.165) is 47.8 Å². The number of aromatic nitrogens is 1. The molecule has 0 amide bonds. The van der Waals surface area contributed by atoms with Crippen molar-refractivity contribution in [1.82, 2.24) is 4.98 Å². The number of carbonyl (C=O) groups is 1. The zero-order valence-corrected chi connectivity index (χ0v) is 18.4. The molecule has 4 aromatic rings. The van der Waals surface area contributed by atoms with E-state index in [1.54, 1.807) is 12.1 Å². The first-order chi connectivity index (χ1) is 15.6. The number of rotatable bonds is 8. The summed E-state index contributed by atoms with van der Waals surface area (Å²) < 4.78 is 20.8. The molecular weight excluding hydrogens is 401 g/mol. The Kier molecular flexibility index (Phi) is 6.60. The second-order valence-electron chi connectivity index (χ2n) is 8.01. The second kappa shape index (κ2) is 9.73. The SMILES string of the molecule is CCCCCOc1ccc(-c2ccc(-c3cc(C=O)c4cc(C)ccc4n3)cc2F)cc1. The Balaban J connectivity index is 1.60. The molecule has 0 unspecified atom stereocenters. The van der Waals surface area contributed by atoms with E-state index in [1.807, 2.05) is 55.5 Å². The summed E-state index contributed by atoms with van der Waals surface area (Å²) in [5.74, 6) is 0.455. The lowest BCUT2D eigenvalue weighted by atomic mass is 10.00. The fraction of sp³-hybridized carbons (Fsp3) is 0.214. The van der Waals surface area contributed by atoms with Gasteiger partial charge in [0, 0.05) is 22.1 Å². The highest BCUT2D eigenvalue weighted by Gasteiger charge is 2.11. The summed E-state index contributed by atoms with van der Waals surface area (Å²) in [6, 6.07) is 20.0. The maximum Gasteiger partial charge on any atom is 0.150 e. The molecule has 1 heterocycles. The Bertz CT molecular complexity index is 1250. The van der Waals surface area contributed by atoms with Crippen molar-refractivity contribution in [3.63, 3.8) is 0 Å². The van der Waals surface area contributed by atoms with Crippen LogP contribution in [-0.2, 0) is 0 Å². The molecule has 162 valence electrons. The van der Waals surface area contributed by atoms with Gasteiger partial charge in [0.15, 0.2) is 6.29 Å². The Morgan fingerprint density at radius 3 is 2.44 bits per heavy atom. The number of aldehydes is 1. The molecule has 0 aliphatic heterocycles. The van der Waals surface area contributed by atoms with Crippen LogP contribution in [0.4, 0.5) is 4.39 Å². The molecule has 3 nitrogen and oxygen atoms in total.